The maximum absolute atomic E-state index is 11.5. The number of alkyl halides is 1. The molecule has 0 saturated carbocycles. The first-order valence-corrected chi connectivity index (χ1v) is 6.82. The van der Waals surface area contributed by atoms with E-state index in [0.717, 1.165) is 26.1 Å². The van der Waals surface area contributed by atoms with E-state index < -0.39 is 0 Å². The van der Waals surface area contributed by atoms with E-state index in [-0.39, 0.29) is 11.8 Å². The van der Waals surface area contributed by atoms with Gasteiger partial charge in [0, 0.05) is 25.7 Å². The van der Waals surface area contributed by atoms with Crippen LogP contribution < -0.4 is 0 Å². The van der Waals surface area contributed by atoms with Crippen molar-refractivity contribution in [1.82, 2.24) is 9.80 Å². The molecule has 1 aromatic rings. The van der Waals surface area contributed by atoms with Gasteiger partial charge in [-0.05, 0) is 19.0 Å². The van der Waals surface area contributed by atoms with E-state index in [1.807, 2.05) is 11.0 Å². The summed E-state index contributed by atoms with van der Waals surface area (Å²) in [5.74, 6) is 0.141. The summed E-state index contributed by atoms with van der Waals surface area (Å²) in [6.45, 7) is 2.55. The number of nitrogens with zero attached hydrogens (tertiary/aromatic N) is 2. The highest BCUT2D eigenvalue weighted by atomic mass is 35.5. The lowest BCUT2D eigenvalue weighted by atomic mass is 10.1. The molecule has 1 unspecified atom stereocenters. The maximum atomic E-state index is 11.5. The molecule has 1 atom stereocenters. The summed E-state index contributed by atoms with van der Waals surface area (Å²) in [6.07, 6.45) is 1.03. The monoisotopic (exact) mass is 266 g/mol. The van der Waals surface area contributed by atoms with Crippen molar-refractivity contribution in [2.75, 3.05) is 26.0 Å². The van der Waals surface area contributed by atoms with Gasteiger partial charge in [-0.3, -0.25) is 9.69 Å². The van der Waals surface area contributed by atoms with Crippen LogP contribution in [0.3, 0.4) is 0 Å². The normalized spacial score (nSPS) is 19.5. The zero-order valence-corrected chi connectivity index (χ0v) is 11.4. The highest BCUT2D eigenvalue weighted by Crippen LogP contribution is 2.17. The quantitative estimate of drug-likeness (QED) is 0.778. The van der Waals surface area contributed by atoms with Gasteiger partial charge >= 0.3 is 0 Å². The van der Waals surface area contributed by atoms with Crippen LogP contribution in [0.2, 0.25) is 0 Å². The van der Waals surface area contributed by atoms with Crippen LogP contribution in [0.5, 0.6) is 0 Å². The summed E-state index contributed by atoms with van der Waals surface area (Å²) >= 11 is 5.58. The molecule has 1 aliphatic rings. The Morgan fingerprint density at radius 1 is 1.44 bits per heavy atom. The predicted molar refractivity (Wildman–Crippen MR) is 73.6 cm³/mol. The zero-order valence-electron chi connectivity index (χ0n) is 10.7. The molecule has 1 aliphatic heterocycles. The molecule has 2 rings (SSSR count). The maximum Gasteiger partial charge on any atom is 0.237 e. The number of carbonyl (C=O) groups is 1. The van der Waals surface area contributed by atoms with Crippen molar-refractivity contribution in [2.45, 2.75) is 19.0 Å². The van der Waals surface area contributed by atoms with Crippen LogP contribution in [-0.2, 0) is 11.3 Å². The third-order valence-electron chi connectivity index (χ3n) is 3.53. The first-order valence-electron chi connectivity index (χ1n) is 6.28. The number of likely N-dealkylation sites (N-methyl/N-ethyl adjacent to an activating group) is 1. The average molecular weight is 267 g/mol. The van der Waals surface area contributed by atoms with Crippen molar-refractivity contribution in [3.05, 3.63) is 35.9 Å². The van der Waals surface area contributed by atoms with Crippen LogP contribution in [0.25, 0.3) is 0 Å². The molecule has 0 spiro atoms. The van der Waals surface area contributed by atoms with Gasteiger partial charge in [0.2, 0.25) is 5.91 Å². The Kier molecular flexibility index (Phi) is 4.61. The van der Waals surface area contributed by atoms with Crippen molar-refractivity contribution >= 4 is 17.5 Å². The number of carbonyl (C=O) groups excluding carboxylic acids is 1. The first kappa shape index (κ1) is 13.4. The Labute approximate surface area is 113 Å². The van der Waals surface area contributed by atoms with Crippen LogP contribution in [-0.4, -0.2) is 47.8 Å². The average Bonchev–Trinajstić information content (AvgIpc) is 2.88. The molecule has 0 aromatic heterocycles. The van der Waals surface area contributed by atoms with Gasteiger partial charge in [-0.15, -0.1) is 11.6 Å². The minimum Gasteiger partial charge on any atom is -0.340 e. The van der Waals surface area contributed by atoms with Crippen LogP contribution in [0.4, 0.5) is 0 Å². The smallest absolute Gasteiger partial charge is 0.237 e. The van der Waals surface area contributed by atoms with Gasteiger partial charge in [0.25, 0.3) is 0 Å². The molecule has 1 saturated heterocycles. The van der Waals surface area contributed by atoms with E-state index >= 15 is 0 Å². The fraction of sp³-hybridized carbons (Fsp3) is 0.500. The molecule has 0 N–H and O–H groups in total. The minimum absolute atomic E-state index is 0.0484. The summed E-state index contributed by atoms with van der Waals surface area (Å²) in [5, 5.41) is 0. The molecule has 0 radical (unpaired) electrons. The molecule has 18 heavy (non-hydrogen) atoms. The van der Waals surface area contributed by atoms with Crippen molar-refractivity contribution in [2.24, 2.45) is 0 Å². The molecule has 1 heterocycles. The molecule has 1 fully saturated rings. The van der Waals surface area contributed by atoms with E-state index in [1.54, 1.807) is 0 Å². The second kappa shape index (κ2) is 6.21. The number of hydrogen-bond donors (Lipinski definition) is 0. The van der Waals surface area contributed by atoms with Gasteiger partial charge < -0.3 is 4.90 Å². The standard InChI is InChI=1S/C14H19ClN2O/c1-16(10-12-5-3-2-4-6-12)13-7-8-17(11-13)14(18)9-15/h2-6,13H,7-11H2,1H3. The highest BCUT2D eigenvalue weighted by Gasteiger charge is 2.28. The van der Waals surface area contributed by atoms with Crippen LogP contribution in [0.15, 0.2) is 30.3 Å². The van der Waals surface area contributed by atoms with Gasteiger partial charge in [-0.1, -0.05) is 30.3 Å². The highest BCUT2D eigenvalue weighted by molar-refractivity contribution is 6.27. The zero-order chi connectivity index (χ0) is 13.0. The lowest BCUT2D eigenvalue weighted by molar-refractivity contribution is -0.127. The Hall–Kier alpha value is -1.06. The number of likely N-dealkylation sites (tertiary alicyclic amines) is 1. The summed E-state index contributed by atoms with van der Waals surface area (Å²) in [4.78, 5) is 15.7. The molecule has 0 bridgehead atoms. The van der Waals surface area contributed by atoms with E-state index in [9.17, 15) is 4.79 Å². The van der Waals surface area contributed by atoms with Gasteiger partial charge in [0.15, 0.2) is 0 Å². The molecule has 1 amide bonds. The Bertz CT molecular complexity index is 396. The summed E-state index contributed by atoms with van der Waals surface area (Å²) in [6, 6.07) is 10.8. The van der Waals surface area contributed by atoms with Crippen LogP contribution in [0, 0.1) is 0 Å². The number of amides is 1. The number of hydrogen-bond acceptors (Lipinski definition) is 2. The number of rotatable bonds is 4. The van der Waals surface area contributed by atoms with E-state index in [2.05, 4.69) is 36.2 Å². The molecular weight excluding hydrogens is 248 g/mol. The Morgan fingerprint density at radius 2 is 2.17 bits per heavy atom. The lowest BCUT2D eigenvalue weighted by Crippen LogP contribution is -2.36. The fourth-order valence-corrected chi connectivity index (χ4v) is 2.58. The second-order valence-corrected chi connectivity index (χ2v) is 5.08. The molecule has 98 valence electrons. The third-order valence-corrected chi connectivity index (χ3v) is 3.76. The number of benzene rings is 1. The van der Waals surface area contributed by atoms with Crippen molar-refractivity contribution < 1.29 is 4.79 Å². The van der Waals surface area contributed by atoms with Gasteiger partial charge in [-0.25, -0.2) is 0 Å². The topological polar surface area (TPSA) is 23.6 Å². The Morgan fingerprint density at radius 3 is 2.83 bits per heavy atom. The first-order chi connectivity index (χ1) is 8.70. The summed E-state index contributed by atoms with van der Waals surface area (Å²) in [5.41, 5.74) is 1.31. The summed E-state index contributed by atoms with van der Waals surface area (Å²) in [7, 11) is 2.12. The van der Waals surface area contributed by atoms with Crippen molar-refractivity contribution in [3.8, 4) is 0 Å². The van der Waals surface area contributed by atoms with Crippen LogP contribution >= 0.6 is 11.6 Å². The fourth-order valence-electron chi connectivity index (χ4n) is 2.41. The van der Waals surface area contributed by atoms with Crippen LogP contribution in [0.1, 0.15) is 12.0 Å². The molecule has 3 nitrogen and oxygen atoms in total. The molecule has 4 heteroatoms. The predicted octanol–water partition coefficient (Wildman–Crippen LogP) is 1.96. The van der Waals surface area contributed by atoms with Gasteiger partial charge in [-0.2, -0.15) is 0 Å². The third kappa shape index (κ3) is 3.24. The van der Waals surface area contributed by atoms with Crippen molar-refractivity contribution in [3.63, 3.8) is 0 Å². The number of halogens is 1. The molecule has 0 aliphatic carbocycles. The van der Waals surface area contributed by atoms with E-state index in [0.29, 0.717) is 6.04 Å². The van der Waals surface area contributed by atoms with Gasteiger partial charge in [0.1, 0.15) is 5.88 Å². The Balaban J connectivity index is 1.88. The summed E-state index contributed by atoms with van der Waals surface area (Å²) < 4.78 is 0. The van der Waals surface area contributed by atoms with E-state index in [1.165, 1.54) is 5.56 Å². The molecular formula is C14H19ClN2O. The minimum atomic E-state index is 0.0484. The van der Waals surface area contributed by atoms with Crippen molar-refractivity contribution in [1.29, 1.82) is 0 Å². The molecule has 1 aromatic carbocycles. The van der Waals surface area contributed by atoms with Gasteiger partial charge in [0.05, 0.1) is 0 Å². The SMILES string of the molecule is CN(Cc1ccccc1)C1CCN(C(=O)CCl)C1. The largest absolute Gasteiger partial charge is 0.340 e. The van der Waals surface area contributed by atoms with E-state index in [4.69, 9.17) is 11.6 Å². The lowest BCUT2D eigenvalue weighted by Gasteiger charge is -2.24. The second-order valence-electron chi connectivity index (χ2n) is 4.82.